The number of fused-ring (bicyclic) bond motifs is 3. The summed E-state index contributed by atoms with van der Waals surface area (Å²) >= 11 is 3.29. The molecule has 0 saturated carbocycles. The van der Waals surface area contributed by atoms with Gasteiger partial charge in [0.2, 0.25) is 5.52 Å². The van der Waals surface area contributed by atoms with E-state index in [0.717, 1.165) is 36.6 Å². The third kappa shape index (κ3) is 4.41. The average molecular weight is 461 g/mol. The Labute approximate surface area is 183 Å². The van der Waals surface area contributed by atoms with Crippen molar-refractivity contribution in [1.29, 1.82) is 0 Å². The largest absolute Gasteiger partial charge is 0.496 e. The molecule has 2 aromatic heterocycles. The van der Waals surface area contributed by atoms with Crippen molar-refractivity contribution in [2.45, 2.75) is 19.9 Å². The molecule has 0 aliphatic heterocycles. The highest BCUT2D eigenvalue weighted by Crippen LogP contribution is 2.38. The van der Waals surface area contributed by atoms with Crippen molar-refractivity contribution in [2.24, 2.45) is 0 Å². The maximum Gasteiger partial charge on any atom is 0.265 e. The Kier molecular flexibility index (Phi) is 5.92. The normalized spacial score (nSPS) is 12.4. The number of aryl methyl sites for hydroxylation is 2. The lowest BCUT2D eigenvalue weighted by Crippen LogP contribution is -2.36. The summed E-state index contributed by atoms with van der Waals surface area (Å²) in [5.41, 5.74) is 3.38. The lowest BCUT2D eigenvalue weighted by Gasteiger charge is -2.02. The van der Waals surface area contributed by atoms with Gasteiger partial charge < -0.3 is 4.74 Å². The summed E-state index contributed by atoms with van der Waals surface area (Å²) in [7, 11) is -2.32. The van der Waals surface area contributed by atoms with Crippen LogP contribution in [-0.2, 0) is 16.7 Å². The third-order valence-electron chi connectivity index (χ3n) is 4.89. The lowest BCUT2D eigenvalue weighted by molar-refractivity contribution is -0.667. The predicted octanol–water partition coefficient (Wildman–Crippen LogP) is 5.17. The van der Waals surface area contributed by atoms with E-state index in [2.05, 4.69) is 47.9 Å². The van der Waals surface area contributed by atoms with Gasteiger partial charge in [-0.2, -0.15) is 13.0 Å². The van der Waals surface area contributed by atoms with Crippen LogP contribution in [0, 0.1) is 6.92 Å². The van der Waals surface area contributed by atoms with Crippen molar-refractivity contribution in [3.63, 3.8) is 0 Å². The van der Waals surface area contributed by atoms with Gasteiger partial charge in [0.05, 0.1) is 12.9 Å². The van der Waals surface area contributed by atoms with Crippen LogP contribution >= 0.6 is 22.7 Å². The van der Waals surface area contributed by atoms with Crippen molar-refractivity contribution in [1.82, 2.24) is 0 Å². The molecule has 0 spiro atoms. The number of hydrogen-bond donors (Lipinski definition) is 1. The summed E-state index contributed by atoms with van der Waals surface area (Å²) in [6.07, 6.45) is 4.46. The standard InChI is InChI=1S/C22H21NO4S3/c1-15-4-6-16(7-5-15)8-9-20-23(11-3-13-30(24,25)26)21-19(29-20)14-18(27-2)17-10-12-28-22(17)21/h4-10,12,14H,3,11,13H2,1-2H3/p+1/b9-8+. The number of rotatable bonds is 7. The smallest absolute Gasteiger partial charge is 0.265 e. The van der Waals surface area contributed by atoms with E-state index >= 15 is 0 Å². The van der Waals surface area contributed by atoms with E-state index in [-0.39, 0.29) is 5.75 Å². The van der Waals surface area contributed by atoms with Crippen molar-refractivity contribution >= 4 is 65.2 Å². The van der Waals surface area contributed by atoms with Crippen LogP contribution in [0.25, 0.3) is 32.5 Å². The van der Waals surface area contributed by atoms with Crippen LogP contribution in [0.3, 0.4) is 0 Å². The van der Waals surface area contributed by atoms with Crippen LogP contribution in [0.1, 0.15) is 22.6 Å². The Hall–Kier alpha value is -2.26. The first-order chi connectivity index (χ1) is 14.4. The molecule has 0 bridgehead atoms. The van der Waals surface area contributed by atoms with Crippen LogP contribution in [0.4, 0.5) is 0 Å². The van der Waals surface area contributed by atoms with Gasteiger partial charge in [0.25, 0.3) is 15.1 Å². The van der Waals surface area contributed by atoms with Gasteiger partial charge in [-0.1, -0.05) is 41.2 Å². The van der Waals surface area contributed by atoms with Crippen LogP contribution in [0.5, 0.6) is 5.75 Å². The highest BCUT2D eigenvalue weighted by atomic mass is 32.2. The molecule has 0 aliphatic carbocycles. The first-order valence-electron chi connectivity index (χ1n) is 9.46. The molecule has 4 aromatic rings. The van der Waals surface area contributed by atoms with Crippen LogP contribution < -0.4 is 9.30 Å². The fourth-order valence-corrected chi connectivity index (χ4v) is 6.10. The summed E-state index contributed by atoms with van der Waals surface area (Å²) < 4.78 is 41.5. The molecule has 5 nitrogen and oxygen atoms in total. The molecule has 0 aliphatic rings. The maximum atomic E-state index is 11.2. The highest BCUT2D eigenvalue weighted by molar-refractivity contribution is 7.85. The lowest BCUT2D eigenvalue weighted by atomic mass is 10.1. The van der Waals surface area contributed by atoms with Crippen LogP contribution in [0.2, 0.25) is 0 Å². The molecule has 0 radical (unpaired) electrons. The zero-order valence-electron chi connectivity index (χ0n) is 16.7. The van der Waals surface area contributed by atoms with Gasteiger partial charge in [-0.15, -0.1) is 11.3 Å². The molecule has 1 N–H and O–H groups in total. The Bertz CT molecular complexity index is 1330. The zero-order valence-corrected chi connectivity index (χ0v) is 19.1. The molecule has 2 heterocycles. The first-order valence-corrected chi connectivity index (χ1v) is 12.8. The van der Waals surface area contributed by atoms with E-state index in [1.807, 2.05) is 17.5 Å². The molecule has 0 unspecified atom stereocenters. The molecule has 30 heavy (non-hydrogen) atoms. The SMILES string of the molecule is COc1cc2sc(/C=C/c3ccc(C)cc3)[n+](CCCS(=O)(=O)O)c2c2sccc12. The molecular weight excluding hydrogens is 438 g/mol. The number of nitrogens with zero attached hydrogens (tertiary/aromatic N) is 1. The van der Waals surface area contributed by atoms with Gasteiger partial charge >= 0.3 is 0 Å². The van der Waals surface area contributed by atoms with E-state index in [4.69, 9.17) is 9.29 Å². The van der Waals surface area contributed by atoms with Gasteiger partial charge in [-0.25, -0.2) is 0 Å². The van der Waals surface area contributed by atoms with E-state index < -0.39 is 10.1 Å². The highest BCUT2D eigenvalue weighted by Gasteiger charge is 2.24. The maximum absolute atomic E-state index is 11.2. The van der Waals surface area contributed by atoms with Crippen molar-refractivity contribution in [2.75, 3.05) is 12.9 Å². The fourth-order valence-electron chi connectivity index (χ4n) is 3.44. The molecule has 156 valence electrons. The first kappa shape index (κ1) is 21.0. The molecule has 0 fully saturated rings. The summed E-state index contributed by atoms with van der Waals surface area (Å²) in [6.45, 7) is 2.55. The molecular formula is C22H22NO4S3+. The molecule has 0 amide bonds. The van der Waals surface area contributed by atoms with Gasteiger partial charge in [0.1, 0.15) is 15.1 Å². The minimum Gasteiger partial charge on any atom is -0.496 e. The van der Waals surface area contributed by atoms with Gasteiger partial charge in [0.15, 0.2) is 6.54 Å². The van der Waals surface area contributed by atoms with E-state index in [1.54, 1.807) is 29.8 Å². The Morgan fingerprint density at radius 1 is 1.17 bits per heavy atom. The second kappa shape index (κ2) is 8.47. The number of thiazole rings is 1. The molecule has 8 heteroatoms. The Balaban J connectivity index is 1.82. The number of thiophene rings is 1. The fraction of sp³-hybridized carbons (Fsp3) is 0.227. The average Bonchev–Trinajstić information content (AvgIpc) is 3.30. The Morgan fingerprint density at radius 3 is 2.63 bits per heavy atom. The summed E-state index contributed by atoms with van der Waals surface area (Å²) in [6, 6.07) is 12.4. The number of hydrogen-bond acceptors (Lipinski definition) is 5. The minimum absolute atomic E-state index is 0.262. The summed E-state index contributed by atoms with van der Waals surface area (Å²) in [4.78, 5) is 0. The van der Waals surface area contributed by atoms with E-state index in [9.17, 15) is 8.42 Å². The van der Waals surface area contributed by atoms with Gasteiger partial charge in [0, 0.05) is 23.9 Å². The number of ether oxygens (including phenoxy) is 1. The topological polar surface area (TPSA) is 67.5 Å². The molecule has 2 aromatic carbocycles. The predicted molar refractivity (Wildman–Crippen MR) is 125 cm³/mol. The number of benzene rings is 2. The third-order valence-corrected chi connectivity index (χ3v) is 7.71. The number of aromatic nitrogens is 1. The summed E-state index contributed by atoms with van der Waals surface area (Å²) in [5.74, 6) is 0.571. The molecule has 0 atom stereocenters. The second-order valence-corrected chi connectivity index (χ2v) is 10.6. The van der Waals surface area contributed by atoms with Gasteiger partial charge in [-0.05, 0) is 30.0 Å². The molecule has 4 rings (SSSR count). The van der Waals surface area contributed by atoms with Crippen molar-refractivity contribution in [3.05, 3.63) is 57.9 Å². The monoisotopic (exact) mass is 460 g/mol. The van der Waals surface area contributed by atoms with Crippen molar-refractivity contribution in [3.8, 4) is 5.75 Å². The van der Waals surface area contributed by atoms with E-state index in [1.165, 1.54) is 5.56 Å². The van der Waals surface area contributed by atoms with E-state index in [0.29, 0.717) is 13.0 Å². The second-order valence-electron chi connectivity index (χ2n) is 7.06. The quantitative estimate of drug-likeness (QED) is 0.305. The van der Waals surface area contributed by atoms with Crippen LogP contribution in [0.15, 0.2) is 41.8 Å². The van der Waals surface area contributed by atoms with Gasteiger partial charge in [-0.3, -0.25) is 4.55 Å². The Morgan fingerprint density at radius 2 is 1.93 bits per heavy atom. The van der Waals surface area contributed by atoms with Crippen LogP contribution in [-0.4, -0.2) is 25.8 Å². The minimum atomic E-state index is -3.99. The molecule has 0 saturated heterocycles. The number of methoxy groups -OCH3 is 1. The van der Waals surface area contributed by atoms with Crippen molar-refractivity contribution < 1.29 is 22.3 Å². The summed E-state index contributed by atoms with van der Waals surface area (Å²) in [5, 5.41) is 4.10. The zero-order chi connectivity index (χ0) is 21.3.